The van der Waals surface area contributed by atoms with Crippen LogP contribution in [0.2, 0.25) is 0 Å². The summed E-state index contributed by atoms with van der Waals surface area (Å²) in [6.45, 7) is 6.41. The Balaban J connectivity index is 4.42. The third kappa shape index (κ3) is 4.15. The van der Waals surface area contributed by atoms with Crippen LogP contribution in [0.15, 0.2) is 11.6 Å². The van der Waals surface area contributed by atoms with Gasteiger partial charge in [-0.2, -0.15) is 0 Å². The van der Waals surface area contributed by atoms with Crippen molar-refractivity contribution in [3.63, 3.8) is 0 Å². The molecular formula is C12H20O. The third-order valence-corrected chi connectivity index (χ3v) is 2.33. The van der Waals surface area contributed by atoms with Gasteiger partial charge in [0, 0.05) is 13.0 Å². The number of rotatable bonds is 5. The molecule has 0 fully saturated rings. The van der Waals surface area contributed by atoms with Gasteiger partial charge in [0.25, 0.3) is 0 Å². The van der Waals surface area contributed by atoms with Gasteiger partial charge >= 0.3 is 0 Å². The van der Waals surface area contributed by atoms with Crippen molar-refractivity contribution < 1.29 is 4.74 Å². The minimum Gasteiger partial charge on any atom is -0.368 e. The van der Waals surface area contributed by atoms with E-state index in [0.717, 1.165) is 12.8 Å². The van der Waals surface area contributed by atoms with Gasteiger partial charge in [-0.15, -0.1) is 6.42 Å². The van der Waals surface area contributed by atoms with Crippen LogP contribution >= 0.6 is 0 Å². The van der Waals surface area contributed by atoms with Crippen molar-refractivity contribution >= 4 is 0 Å². The fourth-order valence-electron chi connectivity index (χ4n) is 1.27. The maximum absolute atomic E-state index is 5.37. The molecule has 13 heavy (non-hydrogen) atoms. The molecule has 0 aliphatic rings. The van der Waals surface area contributed by atoms with E-state index in [0.29, 0.717) is 5.92 Å². The fraction of sp³-hybridized carbons (Fsp3) is 0.667. The van der Waals surface area contributed by atoms with E-state index in [2.05, 4.69) is 32.8 Å². The molecule has 0 aromatic heterocycles. The predicted octanol–water partition coefficient (Wildman–Crippen LogP) is 3.02. The van der Waals surface area contributed by atoms with Crippen LogP contribution in [0.5, 0.6) is 0 Å². The minimum absolute atomic E-state index is 0.0773. The van der Waals surface area contributed by atoms with Crippen molar-refractivity contribution in [2.75, 3.05) is 7.11 Å². The number of hydrogen-bond donors (Lipinski definition) is 0. The highest BCUT2D eigenvalue weighted by Gasteiger charge is 2.14. The molecule has 0 saturated carbocycles. The smallest absolute Gasteiger partial charge is 0.123 e. The first kappa shape index (κ1) is 12.3. The Morgan fingerprint density at radius 2 is 2.15 bits per heavy atom. The predicted molar refractivity (Wildman–Crippen MR) is 57.5 cm³/mol. The van der Waals surface area contributed by atoms with E-state index in [-0.39, 0.29) is 6.10 Å². The zero-order valence-corrected chi connectivity index (χ0v) is 9.13. The quantitative estimate of drug-likeness (QED) is 0.467. The summed E-state index contributed by atoms with van der Waals surface area (Å²) < 4.78 is 5.22. The molecule has 0 aliphatic heterocycles. The van der Waals surface area contributed by atoms with Crippen LogP contribution in [0.1, 0.15) is 33.6 Å². The minimum atomic E-state index is -0.0773. The van der Waals surface area contributed by atoms with Crippen LogP contribution in [0.3, 0.4) is 0 Å². The van der Waals surface area contributed by atoms with E-state index in [1.807, 2.05) is 0 Å². The third-order valence-electron chi connectivity index (χ3n) is 2.33. The Morgan fingerprint density at radius 3 is 2.46 bits per heavy atom. The molecule has 0 spiro atoms. The van der Waals surface area contributed by atoms with Gasteiger partial charge in [-0.05, 0) is 19.8 Å². The topological polar surface area (TPSA) is 9.23 Å². The van der Waals surface area contributed by atoms with E-state index in [4.69, 9.17) is 11.2 Å². The Morgan fingerprint density at radius 1 is 1.54 bits per heavy atom. The first-order valence-electron chi connectivity index (χ1n) is 4.85. The molecule has 74 valence electrons. The molecule has 2 atom stereocenters. The van der Waals surface area contributed by atoms with Crippen LogP contribution in [0.4, 0.5) is 0 Å². The summed E-state index contributed by atoms with van der Waals surface area (Å²) in [6, 6.07) is 0. The first-order chi connectivity index (χ1) is 6.19. The van der Waals surface area contributed by atoms with Gasteiger partial charge in [0.15, 0.2) is 0 Å². The van der Waals surface area contributed by atoms with Crippen molar-refractivity contribution in [2.24, 2.45) is 5.92 Å². The Hall–Kier alpha value is -0.740. The molecule has 0 rings (SSSR count). The van der Waals surface area contributed by atoms with Gasteiger partial charge in [-0.25, -0.2) is 0 Å². The van der Waals surface area contributed by atoms with Gasteiger partial charge < -0.3 is 4.74 Å². The summed E-state index contributed by atoms with van der Waals surface area (Å²) in [5, 5.41) is 0. The van der Waals surface area contributed by atoms with Crippen molar-refractivity contribution in [1.82, 2.24) is 0 Å². The molecule has 1 heteroatoms. The molecule has 0 aromatic carbocycles. The number of allylic oxidation sites excluding steroid dienone is 1. The van der Waals surface area contributed by atoms with Crippen LogP contribution in [0, 0.1) is 18.3 Å². The summed E-state index contributed by atoms with van der Waals surface area (Å²) in [5.41, 5.74) is 1.38. The lowest BCUT2D eigenvalue weighted by Gasteiger charge is -2.17. The average Bonchev–Trinajstić information content (AvgIpc) is 2.17. The molecule has 0 unspecified atom stereocenters. The molecule has 0 aliphatic carbocycles. The highest BCUT2D eigenvalue weighted by molar-refractivity contribution is 5.08. The lowest BCUT2D eigenvalue weighted by Crippen LogP contribution is -2.18. The van der Waals surface area contributed by atoms with Crippen LogP contribution in [0.25, 0.3) is 0 Å². The number of ether oxygens (including phenoxy) is 1. The zero-order chi connectivity index (χ0) is 10.3. The van der Waals surface area contributed by atoms with Crippen molar-refractivity contribution in [3.05, 3.63) is 11.6 Å². The molecule has 0 radical (unpaired) electrons. The lowest BCUT2D eigenvalue weighted by molar-refractivity contribution is 0.113. The second-order valence-corrected chi connectivity index (χ2v) is 3.26. The molecule has 1 nitrogen and oxygen atoms in total. The van der Waals surface area contributed by atoms with Crippen LogP contribution < -0.4 is 0 Å². The largest absolute Gasteiger partial charge is 0.368 e. The van der Waals surface area contributed by atoms with E-state index >= 15 is 0 Å². The monoisotopic (exact) mass is 180 g/mol. The second kappa shape index (κ2) is 6.74. The van der Waals surface area contributed by atoms with Gasteiger partial charge in [0.05, 0.1) is 0 Å². The molecule has 0 heterocycles. The molecular weight excluding hydrogens is 160 g/mol. The zero-order valence-electron chi connectivity index (χ0n) is 9.13. The van der Waals surface area contributed by atoms with Crippen LogP contribution in [-0.2, 0) is 4.74 Å². The molecule has 0 saturated heterocycles. The van der Waals surface area contributed by atoms with E-state index in [1.165, 1.54) is 5.57 Å². The summed E-state index contributed by atoms with van der Waals surface area (Å²) >= 11 is 0. The van der Waals surface area contributed by atoms with Crippen LogP contribution in [-0.4, -0.2) is 13.2 Å². The highest BCUT2D eigenvalue weighted by Crippen LogP contribution is 2.16. The Kier molecular flexibility index (Phi) is 6.36. The maximum atomic E-state index is 5.37. The van der Waals surface area contributed by atoms with Crippen molar-refractivity contribution in [2.45, 2.75) is 39.7 Å². The summed E-state index contributed by atoms with van der Waals surface area (Å²) in [5.74, 6) is 3.02. The highest BCUT2D eigenvalue weighted by atomic mass is 16.5. The number of terminal acetylenes is 1. The van der Waals surface area contributed by atoms with E-state index < -0.39 is 0 Å². The Labute approximate surface area is 82.2 Å². The first-order valence-corrected chi connectivity index (χ1v) is 4.85. The molecule has 0 amide bonds. The standard InChI is InChI=1S/C12H20O/c1-6-10(4)9-11(7-2)12(8-3)13-5/h3,9,11-12H,6-7H2,1-2,4-5H3/b10-9-/t11-,12-/m0/s1. The number of hydrogen-bond acceptors (Lipinski definition) is 1. The summed E-state index contributed by atoms with van der Waals surface area (Å²) in [4.78, 5) is 0. The van der Waals surface area contributed by atoms with Gasteiger partial charge in [-0.1, -0.05) is 31.4 Å². The van der Waals surface area contributed by atoms with E-state index in [9.17, 15) is 0 Å². The van der Waals surface area contributed by atoms with Gasteiger partial charge in [-0.3, -0.25) is 0 Å². The van der Waals surface area contributed by atoms with Crippen molar-refractivity contribution in [3.8, 4) is 12.3 Å². The second-order valence-electron chi connectivity index (χ2n) is 3.26. The lowest BCUT2D eigenvalue weighted by atomic mass is 9.96. The molecule has 0 N–H and O–H groups in total. The fourth-order valence-corrected chi connectivity index (χ4v) is 1.27. The van der Waals surface area contributed by atoms with E-state index in [1.54, 1.807) is 7.11 Å². The average molecular weight is 180 g/mol. The SMILES string of the molecule is C#C[C@H](OC)[C@H](/C=C(/C)CC)CC. The van der Waals surface area contributed by atoms with Gasteiger partial charge in [0.1, 0.15) is 6.10 Å². The summed E-state index contributed by atoms with van der Waals surface area (Å²) in [7, 11) is 1.67. The maximum Gasteiger partial charge on any atom is 0.123 e. The number of methoxy groups -OCH3 is 1. The van der Waals surface area contributed by atoms with Gasteiger partial charge in [0.2, 0.25) is 0 Å². The molecule has 0 bridgehead atoms. The normalized spacial score (nSPS) is 16.4. The van der Waals surface area contributed by atoms with Crippen molar-refractivity contribution in [1.29, 1.82) is 0 Å². The molecule has 0 aromatic rings. The summed E-state index contributed by atoms with van der Waals surface area (Å²) in [6.07, 6.45) is 9.63. The Bertz CT molecular complexity index is 198.